The number of rotatable bonds is 10. The van der Waals surface area contributed by atoms with E-state index in [1.165, 1.54) is 11.1 Å². The minimum absolute atomic E-state index is 0.0750. The Morgan fingerprint density at radius 2 is 2.00 bits per heavy atom. The van der Waals surface area contributed by atoms with E-state index in [9.17, 15) is 9.90 Å². The summed E-state index contributed by atoms with van der Waals surface area (Å²) in [5.41, 5.74) is 3.56. The van der Waals surface area contributed by atoms with Crippen LogP contribution in [0, 0.1) is 0 Å². The second-order valence-corrected chi connectivity index (χ2v) is 8.50. The summed E-state index contributed by atoms with van der Waals surface area (Å²) in [4.78, 5) is 18.5. The van der Waals surface area contributed by atoms with E-state index in [1.54, 1.807) is 6.20 Å². The highest BCUT2D eigenvalue weighted by Crippen LogP contribution is 2.22. The molecule has 168 valence electrons. The highest BCUT2D eigenvalue weighted by molar-refractivity contribution is 5.75. The van der Waals surface area contributed by atoms with Gasteiger partial charge in [-0.3, -0.25) is 9.78 Å². The maximum Gasteiger partial charge on any atom is 0.220 e. The van der Waals surface area contributed by atoms with Gasteiger partial charge in [0.05, 0.1) is 6.10 Å². The first kappa shape index (κ1) is 23.4. The zero-order valence-electron chi connectivity index (χ0n) is 18.7. The van der Waals surface area contributed by atoms with Crippen molar-refractivity contribution in [2.45, 2.75) is 63.9 Å². The van der Waals surface area contributed by atoms with Crippen molar-refractivity contribution in [3.05, 3.63) is 54.4 Å². The lowest BCUT2D eigenvalue weighted by molar-refractivity contribution is -0.173. The van der Waals surface area contributed by atoms with Crippen LogP contribution in [0.4, 0.5) is 0 Å². The molecule has 3 atom stereocenters. The SMILES string of the molecule is C[C@@H]1C[C@H](N(C)CCCC(=O)NCCCc2ccc(-c3cccnc3)cc2)C[C@H](O)O1. The molecule has 1 amide bonds. The number of carbonyl (C=O) groups excluding carboxylic acids is 1. The minimum atomic E-state index is -0.675. The predicted molar refractivity (Wildman–Crippen MR) is 122 cm³/mol. The van der Waals surface area contributed by atoms with E-state index in [0.717, 1.165) is 37.8 Å². The van der Waals surface area contributed by atoms with E-state index in [4.69, 9.17) is 4.74 Å². The van der Waals surface area contributed by atoms with Gasteiger partial charge >= 0.3 is 0 Å². The summed E-state index contributed by atoms with van der Waals surface area (Å²) in [5.74, 6) is 0.112. The van der Waals surface area contributed by atoms with E-state index in [1.807, 2.05) is 19.2 Å². The topological polar surface area (TPSA) is 74.7 Å². The normalized spacial score (nSPS) is 21.2. The number of benzene rings is 1. The molecule has 0 radical (unpaired) electrons. The van der Waals surface area contributed by atoms with Gasteiger partial charge in [0, 0.05) is 37.8 Å². The largest absolute Gasteiger partial charge is 0.368 e. The molecule has 0 spiro atoms. The molecule has 2 N–H and O–H groups in total. The Morgan fingerprint density at radius 1 is 1.19 bits per heavy atom. The van der Waals surface area contributed by atoms with E-state index < -0.39 is 6.29 Å². The van der Waals surface area contributed by atoms with Gasteiger partial charge in [-0.05, 0) is 69.0 Å². The second kappa shape index (κ2) is 11.9. The number of hydrogen-bond acceptors (Lipinski definition) is 5. The first-order valence-electron chi connectivity index (χ1n) is 11.3. The Hall–Kier alpha value is -2.28. The third-order valence-corrected chi connectivity index (χ3v) is 5.92. The van der Waals surface area contributed by atoms with Crippen molar-refractivity contribution in [1.82, 2.24) is 15.2 Å². The first-order chi connectivity index (χ1) is 15.0. The summed E-state index contributed by atoms with van der Waals surface area (Å²) in [6, 6.07) is 12.9. The van der Waals surface area contributed by atoms with Gasteiger partial charge in [0.15, 0.2) is 6.29 Å². The summed E-state index contributed by atoms with van der Waals surface area (Å²) in [5, 5.41) is 12.8. The van der Waals surface area contributed by atoms with Crippen molar-refractivity contribution in [2.75, 3.05) is 20.1 Å². The zero-order valence-corrected chi connectivity index (χ0v) is 18.7. The standard InChI is InChI=1S/C25H35N3O3/c1-19-16-23(17-25(30)31-19)28(2)15-5-8-24(29)27-14-3-6-20-9-11-21(12-10-20)22-7-4-13-26-18-22/h4,7,9-13,18-19,23,25,30H,3,5-6,8,14-17H2,1-2H3,(H,27,29)/t19-,23+,25-/m1/s1. The van der Waals surface area contributed by atoms with Crippen molar-refractivity contribution in [3.8, 4) is 11.1 Å². The van der Waals surface area contributed by atoms with Crippen LogP contribution in [0.1, 0.15) is 44.6 Å². The minimum Gasteiger partial charge on any atom is -0.368 e. The third kappa shape index (κ3) is 7.73. The molecule has 31 heavy (non-hydrogen) atoms. The van der Waals surface area contributed by atoms with E-state index in [0.29, 0.717) is 25.4 Å². The van der Waals surface area contributed by atoms with Crippen LogP contribution in [0.2, 0.25) is 0 Å². The van der Waals surface area contributed by atoms with Crippen LogP contribution in [0.15, 0.2) is 48.8 Å². The molecule has 1 aliphatic heterocycles. The van der Waals surface area contributed by atoms with Crippen LogP contribution in [0.25, 0.3) is 11.1 Å². The molecule has 2 aromatic rings. The Morgan fingerprint density at radius 3 is 2.71 bits per heavy atom. The molecule has 2 heterocycles. The van der Waals surface area contributed by atoms with Crippen LogP contribution < -0.4 is 5.32 Å². The van der Waals surface area contributed by atoms with Crippen molar-refractivity contribution in [3.63, 3.8) is 0 Å². The van der Waals surface area contributed by atoms with Crippen molar-refractivity contribution in [2.24, 2.45) is 0 Å². The number of nitrogens with one attached hydrogen (secondary N) is 1. The van der Waals surface area contributed by atoms with Gasteiger partial charge in [0.2, 0.25) is 5.91 Å². The molecule has 1 saturated heterocycles. The van der Waals surface area contributed by atoms with Gasteiger partial charge in [0.1, 0.15) is 0 Å². The lowest BCUT2D eigenvalue weighted by Gasteiger charge is -2.36. The Labute approximate surface area is 185 Å². The molecule has 1 aliphatic rings. The van der Waals surface area contributed by atoms with Crippen LogP contribution in [0.3, 0.4) is 0 Å². The van der Waals surface area contributed by atoms with E-state index in [2.05, 4.69) is 52.6 Å². The number of hydrogen-bond donors (Lipinski definition) is 2. The first-order valence-corrected chi connectivity index (χ1v) is 11.3. The molecule has 0 aliphatic carbocycles. The molecule has 6 nitrogen and oxygen atoms in total. The number of ether oxygens (including phenoxy) is 1. The smallest absolute Gasteiger partial charge is 0.220 e. The number of aromatic nitrogens is 1. The van der Waals surface area contributed by atoms with E-state index in [-0.39, 0.29) is 12.0 Å². The fraction of sp³-hybridized carbons (Fsp3) is 0.520. The van der Waals surface area contributed by atoms with Crippen molar-refractivity contribution >= 4 is 5.91 Å². The van der Waals surface area contributed by atoms with Gasteiger partial charge in [-0.2, -0.15) is 0 Å². The molecule has 3 rings (SSSR count). The molecule has 0 bridgehead atoms. The van der Waals surface area contributed by atoms with Crippen molar-refractivity contribution in [1.29, 1.82) is 0 Å². The van der Waals surface area contributed by atoms with Crippen LogP contribution in [0.5, 0.6) is 0 Å². The highest BCUT2D eigenvalue weighted by Gasteiger charge is 2.28. The van der Waals surface area contributed by atoms with Crippen molar-refractivity contribution < 1.29 is 14.6 Å². The molecular weight excluding hydrogens is 390 g/mol. The van der Waals surface area contributed by atoms with Crippen LogP contribution in [-0.4, -0.2) is 59.5 Å². The van der Waals surface area contributed by atoms with Gasteiger partial charge in [0.25, 0.3) is 0 Å². The second-order valence-electron chi connectivity index (χ2n) is 8.50. The molecular formula is C25H35N3O3. The number of aliphatic hydroxyl groups excluding tert-OH is 1. The summed E-state index contributed by atoms with van der Waals surface area (Å²) in [6.07, 6.45) is 7.83. The molecule has 6 heteroatoms. The van der Waals surface area contributed by atoms with Gasteiger partial charge in [-0.1, -0.05) is 30.3 Å². The lowest BCUT2D eigenvalue weighted by Crippen LogP contribution is -2.43. The number of aliphatic hydroxyl groups is 1. The third-order valence-electron chi connectivity index (χ3n) is 5.92. The Kier molecular flexibility index (Phi) is 9.00. The molecule has 1 aromatic heterocycles. The van der Waals surface area contributed by atoms with Crippen LogP contribution >= 0.6 is 0 Å². The molecule has 0 saturated carbocycles. The summed E-state index contributed by atoms with van der Waals surface area (Å²) in [7, 11) is 2.06. The quantitative estimate of drug-likeness (QED) is 0.571. The molecule has 0 unspecified atom stereocenters. The summed E-state index contributed by atoms with van der Waals surface area (Å²) >= 11 is 0. The van der Waals surface area contributed by atoms with Gasteiger partial charge in [-0.25, -0.2) is 0 Å². The fourth-order valence-electron chi connectivity index (χ4n) is 4.13. The monoisotopic (exact) mass is 425 g/mol. The number of aryl methyl sites for hydroxylation is 1. The Bertz CT molecular complexity index is 787. The van der Waals surface area contributed by atoms with Gasteiger partial charge < -0.3 is 20.1 Å². The fourth-order valence-corrected chi connectivity index (χ4v) is 4.13. The van der Waals surface area contributed by atoms with Gasteiger partial charge in [-0.15, -0.1) is 0 Å². The Balaban J connectivity index is 1.28. The maximum atomic E-state index is 12.1. The summed E-state index contributed by atoms with van der Waals surface area (Å²) < 4.78 is 5.38. The van der Waals surface area contributed by atoms with Crippen LogP contribution in [-0.2, 0) is 16.0 Å². The lowest BCUT2D eigenvalue weighted by atomic mass is 10.0. The van der Waals surface area contributed by atoms with E-state index >= 15 is 0 Å². The maximum absolute atomic E-state index is 12.1. The number of carbonyl (C=O) groups is 1. The average molecular weight is 426 g/mol. The highest BCUT2D eigenvalue weighted by atomic mass is 16.6. The predicted octanol–water partition coefficient (Wildman–Crippen LogP) is 3.40. The number of nitrogens with zero attached hydrogens (tertiary/aromatic N) is 2. The number of pyridine rings is 1. The molecule has 1 fully saturated rings. The molecule has 1 aromatic carbocycles. The number of amides is 1. The summed E-state index contributed by atoms with van der Waals surface area (Å²) in [6.45, 7) is 3.54. The zero-order chi connectivity index (χ0) is 22.1. The average Bonchev–Trinajstić information content (AvgIpc) is 2.77.